The van der Waals surface area contributed by atoms with Crippen molar-refractivity contribution in [3.05, 3.63) is 29.6 Å². The highest BCUT2D eigenvalue weighted by Gasteiger charge is 1.94. The second-order valence-electron chi connectivity index (χ2n) is 1.95. The molecule has 56 valence electrons. The van der Waals surface area contributed by atoms with E-state index in [4.69, 9.17) is 8.33 Å². The molecule has 0 fully saturated rings. The largest absolute Gasteiger partial charge is 0.311 e. The molecule has 11 heavy (non-hydrogen) atoms. The van der Waals surface area contributed by atoms with Crippen molar-refractivity contribution in [1.82, 2.24) is 4.98 Å². The van der Waals surface area contributed by atoms with Gasteiger partial charge in [-0.1, -0.05) is 0 Å². The van der Waals surface area contributed by atoms with Crippen molar-refractivity contribution in [2.45, 2.75) is 6.61 Å². The molecule has 0 N–H and O–H groups in total. The fraction of sp³-hybridized carbons (Fsp3) is 0.143. The number of aromatic nitrogens is 1. The lowest BCUT2D eigenvalue weighted by atomic mass is 10.2. The molecular weight excluding hydrogens is 255 g/mol. The van der Waals surface area contributed by atoms with Crippen molar-refractivity contribution in [2.75, 3.05) is 0 Å². The second kappa shape index (κ2) is 4.26. The first-order chi connectivity index (χ1) is 5.36. The first kappa shape index (κ1) is 8.43. The van der Waals surface area contributed by atoms with Gasteiger partial charge in [0, 0.05) is 12.4 Å². The summed E-state index contributed by atoms with van der Waals surface area (Å²) in [6, 6.07) is 3.76. The van der Waals surface area contributed by atoms with Gasteiger partial charge in [0.2, 0.25) is 0 Å². The predicted octanol–water partition coefficient (Wildman–Crippen LogP) is 1.82. The molecule has 1 aromatic heterocycles. The Balaban J connectivity index is 2.85. The van der Waals surface area contributed by atoms with Gasteiger partial charge in [-0.2, -0.15) is 5.26 Å². The molecule has 0 saturated carbocycles. The Morgan fingerprint density at radius 2 is 2.45 bits per heavy atom. The van der Waals surface area contributed by atoms with Crippen LogP contribution >= 0.6 is 23.0 Å². The zero-order valence-corrected chi connectivity index (χ0v) is 7.78. The highest BCUT2D eigenvalue weighted by Crippen LogP contribution is 2.04. The van der Waals surface area contributed by atoms with Crippen molar-refractivity contribution < 1.29 is 3.07 Å². The van der Waals surface area contributed by atoms with Crippen LogP contribution in [0.1, 0.15) is 11.1 Å². The Morgan fingerprint density at radius 1 is 1.64 bits per heavy atom. The summed E-state index contributed by atoms with van der Waals surface area (Å²) < 4.78 is 4.85. The van der Waals surface area contributed by atoms with Crippen LogP contribution in [-0.2, 0) is 9.67 Å². The van der Waals surface area contributed by atoms with Gasteiger partial charge in [0.25, 0.3) is 0 Å². The number of hydrogen-bond donors (Lipinski definition) is 0. The highest BCUT2D eigenvalue weighted by molar-refractivity contribution is 14.1. The number of halogens is 1. The van der Waals surface area contributed by atoms with Gasteiger partial charge in [-0.05, 0) is 11.6 Å². The van der Waals surface area contributed by atoms with E-state index in [-0.39, 0.29) is 0 Å². The van der Waals surface area contributed by atoms with Crippen LogP contribution in [0, 0.1) is 11.3 Å². The molecule has 1 rings (SSSR count). The molecule has 4 heteroatoms. The van der Waals surface area contributed by atoms with Gasteiger partial charge in [-0.3, -0.25) is 4.98 Å². The third-order valence-corrected chi connectivity index (χ3v) is 1.46. The van der Waals surface area contributed by atoms with Crippen molar-refractivity contribution in [3.8, 4) is 6.07 Å². The van der Waals surface area contributed by atoms with Crippen molar-refractivity contribution in [3.63, 3.8) is 0 Å². The molecule has 0 radical (unpaired) electrons. The summed E-state index contributed by atoms with van der Waals surface area (Å²) in [5.74, 6) is 0. The minimum atomic E-state index is 0.489. The summed E-state index contributed by atoms with van der Waals surface area (Å²) in [6.07, 6.45) is 3.20. The minimum Gasteiger partial charge on any atom is -0.311 e. The molecule has 0 bridgehead atoms. The molecule has 0 atom stereocenters. The van der Waals surface area contributed by atoms with E-state index in [0.717, 1.165) is 5.56 Å². The lowest BCUT2D eigenvalue weighted by Gasteiger charge is -1.95. The highest BCUT2D eigenvalue weighted by atomic mass is 127. The molecule has 0 aliphatic rings. The van der Waals surface area contributed by atoms with Crippen LogP contribution in [0.2, 0.25) is 0 Å². The Kier molecular flexibility index (Phi) is 3.26. The van der Waals surface area contributed by atoms with Gasteiger partial charge in [0.1, 0.15) is 29.1 Å². The summed E-state index contributed by atoms with van der Waals surface area (Å²) >= 11 is 1.80. The van der Waals surface area contributed by atoms with Gasteiger partial charge in [0.05, 0.1) is 12.2 Å². The van der Waals surface area contributed by atoms with Crippen LogP contribution in [0.4, 0.5) is 0 Å². The molecule has 0 aliphatic heterocycles. The molecule has 0 spiro atoms. The average Bonchev–Trinajstić information content (AvgIpc) is 2.06. The maximum Gasteiger partial charge on any atom is 0.110 e. The molecule has 3 nitrogen and oxygen atoms in total. The lowest BCUT2D eigenvalue weighted by molar-refractivity contribution is 0.417. The standard InChI is InChI=1S/C7H5IN2O/c8-11-5-7-1-6(2-9)3-10-4-7/h1,3-4H,5H2. The van der Waals surface area contributed by atoms with E-state index in [9.17, 15) is 0 Å². The molecule has 0 aliphatic carbocycles. The van der Waals surface area contributed by atoms with Crippen LogP contribution in [0.5, 0.6) is 0 Å². The van der Waals surface area contributed by atoms with Crippen LogP contribution < -0.4 is 0 Å². The van der Waals surface area contributed by atoms with Crippen molar-refractivity contribution in [1.29, 1.82) is 5.26 Å². The van der Waals surface area contributed by atoms with Crippen molar-refractivity contribution >= 4 is 23.0 Å². The van der Waals surface area contributed by atoms with E-state index in [1.165, 1.54) is 6.20 Å². The van der Waals surface area contributed by atoms with Crippen LogP contribution in [-0.4, -0.2) is 4.98 Å². The SMILES string of the molecule is N#Cc1cncc(COI)c1. The maximum absolute atomic E-state index is 8.50. The summed E-state index contributed by atoms with van der Waals surface area (Å²) in [7, 11) is 0. The van der Waals surface area contributed by atoms with Crippen LogP contribution in [0.25, 0.3) is 0 Å². The quantitative estimate of drug-likeness (QED) is 0.762. The Morgan fingerprint density at radius 3 is 3.09 bits per heavy atom. The molecule has 1 heterocycles. The smallest absolute Gasteiger partial charge is 0.110 e. The molecule has 0 saturated heterocycles. The fourth-order valence-electron chi connectivity index (χ4n) is 0.691. The van der Waals surface area contributed by atoms with E-state index in [0.29, 0.717) is 12.2 Å². The topological polar surface area (TPSA) is 45.9 Å². The number of rotatable bonds is 2. The number of pyridine rings is 1. The summed E-state index contributed by atoms with van der Waals surface area (Å²) in [4.78, 5) is 3.87. The summed E-state index contributed by atoms with van der Waals surface area (Å²) in [6.45, 7) is 0.489. The predicted molar refractivity (Wildman–Crippen MR) is 47.8 cm³/mol. The number of nitriles is 1. The van der Waals surface area contributed by atoms with Crippen molar-refractivity contribution in [2.24, 2.45) is 0 Å². The minimum absolute atomic E-state index is 0.489. The summed E-state index contributed by atoms with van der Waals surface area (Å²) in [5.41, 5.74) is 1.48. The Hall–Kier alpha value is -0.670. The first-order valence-corrected chi connectivity index (χ1v) is 3.82. The average molecular weight is 260 g/mol. The van der Waals surface area contributed by atoms with Gasteiger partial charge in [0.15, 0.2) is 0 Å². The van der Waals surface area contributed by atoms with Crippen LogP contribution in [0.3, 0.4) is 0 Å². The van der Waals surface area contributed by atoms with E-state index in [1.807, 2.05) is 6.07 Å². The second-order valence-corrected chi connectivity index (χ2v) is 2.57. The normalized spacial score (nSPS) is 9.09. The zero-order chi connectivity index (χ0) is 8.10. The Labute approximate surface area is 78.7 Å². The monoisotopic (exact) mass is 260 g/mol. The number of nitrogens with zero attached hydrogens (tertiary/aromatic N) is 2. The molecule has 0 aromatic carbocycles. The maximum atomic E-state index is 8.50. The summed E-state index contributed by atoms with van der Waals surface area (Å²) in [5, 5.41) is 8.50. The first-order valence-electron chi connectivity index (χ1n) is 2.94. The molecule has 0 unspecified atom stereocenters. The van der Waals surface area contributed by atoms with Gasteiger partial charge in [-0.15, -0.1) is 0 Å². The number of hydrogen-bond acceptors (Lipinski definition) is 3. The van der Waals surface area contributed by atoms with E-state index in [2.05, 4.69) is 4.98 Å². The lowest BCUT2D eigenvalue weighted by Crippen LogP contribution is -1.86. The van der Waals surface area contributed by atoms with E-state index in [1.54, 1.807) is 35.3 Å². The Bertz CT molecular complexity index is 282. The fourth-order valence-corrected chi connectivity index (χ4v) is 1.05. The van der Waals surface area contributed by atoms with Gasteiger partial charge < -0.3 is 3.07 Å². The van der Waals surface area contributed by atoms with E-state index < -0.39 is 0 Å². The van der Waals surface area contributed by atoms with Gasteiger partial charge in [-0.25, -0.2) is 0 Å². The molecule has 1 aromatic rings. The third kappa shape index (κ3) is 2.44. The van der Waals surface area contributed by atoms with Crippen LogP contribution in [0.15, 0.2) is 18.5 Å². The third-order valence-electron chi connectivity index (χ3n) is 1.15. The molecular formula is C7H5IN2O. The molecule has 0 amide bonds. The van der Waals surface area contributed by atoms with E-state index >= 15 is 0 Å². The van der Waals surface area contributed by atoms with Gasteiger partial charge >= 0.3 is 0 Å². The zero-order valence-electron chi connectivity index (χ0n) is 5.62.